The summed E-state index contributed by atoms with van der Waals surface area (Å²) in [5.74, 6) is -4.29. The smallest absolute Gasteiger partial charge is 0.328 e. The van der Waals surface area contributed by atoms with Crippen molar-refractivity contribution in [1.82, 2.24) is 9.80 Å². The van der Waals surface area contributed by atoms with Gasteiger partial charge in [0.1, 0.15) is 0 Å². The highest BCUT2D eigenvalue weighted by atomic mass is 16.4. The second-order valence-electron chi connectivity index (χ2n) is 9.05. The largest absolute Gasteiger partial charge is 0.478 e. The van der Waals surface area contributed by atoms with Gasteiger partial charge in [-0.1, -0.05) is 37.1 Å². The Hall–Kier alpha value is -3.58. The van der Waals surface area contributed by atoms with E-state index < -0.39 is 30.0 Å². The monoisotopic (exact) mass is 550 g/mol. The van der Waals surface area contributed by atoms with Gasteiger partial charge in [0.05, 0.1) is 12.7 Å². The lowest BCUT2D eigenvalue weighted by Gasteiger charge is -2.35. The van der Waals surface area contributed by atoms with Crippen LogP contribution in [0.25, 0.3) is 0 Å². The first kappa shape index (κ1) is 33.4. The normalized spacial score (nSPS) is 17.2. The molecule has 0 spiro atoms. The molecule has 0 aromatic heterocycles. The van der Waals surface area contributed by atoms with Crippen LogP contribution in [0.5, 0.6) is 0 Å². The molecule has 2 fully saturated rings. The molecule has 0 amide bonds. The lowest BCUT2D eigenvalue weighted by atomic mass is 9.95. The maximum absolute atomic E-state index is 10.5. The van der Waals surface area contributed by atoms with Gasteiger partial charge in [-0.2, -0.15) is 0 Å². The summed E-state index contributed by atoms with van der Waals surface area (Å²) in [6.07, 6.45) is 7.18. The summed E-state index contributed by atoms with van der Waals surface area (Å²) in [5, 5.41) is 50.7. The SMILES string of the molecule is O=C(O)C=CC(=O)O.O=C(O)C=CC(=O)O.OCCN1CCN(CC(O)c2ccc(C3CCCC3)cc2)CC1. The molecule has 2 aliphatic rings. The van der Waals surface area contributed by atoms with Gasteiger partial charge in [0.15, 0.2) is 0 Å². The number of carboxylic acids is 4. The molecule has 1 saturated heterocycles. The molecule has 1 atom stereocenters. The minimum absolute atomic E-state index is 0.232. The van der Waals surface area contributed by atoms with E-state index in [0.29, 0.717) is 30.8 Å². The van der Waals surface area contributed by atoms with Crippen LogP contribution in [-0.2, 0) is 19.2 Å². The standard InChI is InChI=1S/C19H30N2O2.2C4H4O4/c22-14-13-20-9-11-21(12-10-20)15-19(23)18-7-5-17(6-8-18)16-3-1-2-4-16;2*5-3(6)1-2-4(7)8/h5-8,16,19,22-23H,1-4,9-15H2;2*1-2H,(H,5,6)(H,7,8). The van der Waals surface area contributed by atoms with Crippen molar-refractivity contribution in [3.63, 3.8) is 0 Å². The van der Waals surface area contributed by atoms with Crippen LogP contribution in [0.2, 0.25) is 0 Å². The van der Waals surface area contributed by atoms with E-state index in [1.165, 1.54) is 31.2 Å². The molecule has 216 valence electrons. The summed E-state index contributed by atoms with van der Waals surface area (Å²) < 4.78 is 0. The van der Waals surface area contributed by atoms with Crippen LogP contribution in [0.3, 0.4) is 0 Å². The highest BCUT2D eigenvalue weighted by Gasteiger charge is 2.21. The number of nitrogens with zero attached hydrogens (tertiary/aromatic N) is 2. The first-order valence-corrected chi connectivity index (χ1v) is 12.6. The van der Waals surface area contributed by atoms with Crippen molar-refractivity contribution >= 4 is 23.9 Å². The maximum Gasteiger partial charge on any atom is 0.328 e. The first-order chi connectivity index (χ1) is 18.5. The Morgan fingerprint density at radius 1 is 0.744 bits per heavy atom. The predicted octanol–water partition coefficient (Wildman–Crippen LogP) is 1.41. The molecular formula is C27H38N2O10. The van der Waals surface area contributed by atoms with E-state index in [1.54, 1.807) is 0 Å². The summed E-state index contributed by atoms with van der Waals surface area (Å²) in [5.41, 5.74) is 2.47. The molecule has 1 aliphatic carbocycles. The van der Waals surface area contributed by atoms with Gasteiger partial charge in [-0.25, -0.2) is 19.2 Å². The highest BCUT2D eigenvalue weighted by Crippen LogP contribution is 2.34. The Labute approximate surface area is 227 Å². The summed E-state index contributed by atoms with van der Waals surface area (Å²) in [4.78, 5) is 42.8. The molecule has 0 bridgehead atoms. The fourth-order valence-electron chi connectivity index (χ4n) is 4.22. The van der Waals surface area contributed by atoms with Crippen LogP contribution in [0.15, 0.2) is 48.6 Å². The van der Waals surface area contributed by atoms with Crippen LogP contribution in [0.4, 0.5) is 0 Å². The molecule has 1 unspecified atom stereocenters. The van der Waals surface area contributed by atoms with E-state index in [4.69, 9.17) is 25.5 Å². The molecule has 1 saturated carbocycles. The van der Waals surface area contributed by atoms with Crippen LogP contribution in [0, 0.1) is 0 Å². The van der Waals surface area contributed by atoms with Gasteiger partial charge in [-0.15, -0.1) is 0 Å². The second-order valence-corrected chi connectivity index (χ2v) is 9.05. The third-order valence-corrected chi connectivity index (χ3v) is 6.20. The number of piperazine rings is 1. The van der Waals surface area contributed by atoms with E-state index in [0.717, 1.165) is 44.2 Å². The van der Waals surface area contributed by atoms with E-state index >= 15 is 0 Å². The Morgan fingerprint density at radius 2 is 1.15 bits per heavy atom. The number of rotatable bonds is 10. The van der Waals surface area contributed by atoms with Gasteiger partial charge < -0.3 is 30.6 Å². The van der Waals surface area contributed by atoms with E-state index in [9.17, 15) is 24.3 Å². The molecule has 6 N–H and O–H groups in total. The Bertz CT molecular complexity index is 897. The molecule has 0 radical (unpaired) electrons. The van der Waals surface area contributed by atoms with Gasteiger partial charge in [-0.05, 0) is 29.9 Å². The van der Waals surface area contributed by atoms with Crippen molar-refractivity contribution in [2.75, 3.05) is 45.9 Å². The Morgan fingerprint density at radius 3 is 1.54 bits per heavy atom. The Balaban J connectivity index is 0.000000393. The molecule has 3 rings (SSSR count). The molecule has 1 aromatic rings. The van der Waals surface area contributed by atoms with Gasteiger partial charge >= 0.3 is 23.9 Å². The molecular weight excluding hydrogens is 512 g/mol. The second kappa shape index (κ2) is 18.6. The molecule has 1 aliphatic heterocycles. The van der Waals surface area contributed by atoms with E-state index in [1.807, 2.05) is 0 Å². The average Bonchev–Trinajstić information content (AvgIpc) is 3.44. The van der Waals surface area contributed by atoms with Crippen molar-refractivity contribution in [2.24, 2.45) is 0 Å². The third-order valence-electron chi connectivity index (χ3n) is 6.20. The molecule has 1 aromatic carbocycles. The van der Waals surface area contributed by atoms with Crippen LogP contribution in [0.1, 0.15) is 48.8 Å². The number of aliphatic hydroxyl groups is 2. The maximum atomic E-state index is 10.5. The number of carboxylic acid groups (broad SMARTS) is 4. The number of carbonyl (C=O) groups is 4. The van der Waals surface area contributed by atoms with Gasteiger partial charge in [-0.3, -0.25) is 9.80 Å². The van der Waals surface area contributed by atoms with Crippen molar-refractivity contribution < 1.29 is 49.8 Å². The number of hydrogen-bond acceptors (Lipinski definition) is 8. The zero-order valence-corrected chi connectivity index (χ0v) is 21.8. The molecule has 1 heterocycles. The number of β-amino-alcohol motifs (C(OH)–C–C–N with tert-alkyl or cyclic N) is 2. The number of aliphatic hydroxyl groups excluding tert-OH is 2. The van der Waals surface area contributed by atoms with E-state index in [-0.39, 0.29) is 6.61 Å². The predicted molar refractivity (Wildman–Crippen MR) is 141 cm³/mol. The average molecular weight is 551 g/mol. The fraction of sp³-hybridized carbons (Fsp3) is 0.481. The topological polar surface area (TPSA) is 196 Å². The third kappa shape index (κ3) is 15.4. The number of hydrogen-bond donors (Lipinski definition) is 6. The lowest BCUT2D eigenvalue weighted by molar-refractivity contribution is -0.134. The number of aliphatic carboxylic acids is 4. The van der Waals surface area contributed by atoms with Gasteiger partial charge in [0.2, 0.25) is 0 Å². The minimum Gasteiger partial charge on any atom is -0.478 e. The quantitative estimate of drug-likeness (QED) is 0.230. The molecule has 12 nitrogen and oxygen atoms in total. The van der Waals surface area contributed by atoms with Crippen molar-refractivity contribution in [3.8, 4) is 0 Å². The Kier molecular flexibility index (Phi) is 16.0. The summed E-state index contributed by atoms with van der Waals surface area (Å²) in [6.45, 7) is 5.60. The fourth-order valence-corrected chi connectivity index (χ4v) is 4.22. The van der Waals surface area contributed by atoms with Gasteiger partial charge in [0.25, 0.3) is 0 Å². The molecule has 12 heteroatoms. The first-order valence-electron chi connectivity index (χ1n) is 12.6. The number of benzene rings is 1. The molecule has 39 heavy (non-hydrogen) atoms. The van der Waals surface area contributed by atoms with Crippen molar-refractivity contribution in [1.29, 1.82) is 0 Å². The lowest BCUT2D eigenvalue weighted by Crippen LogP contribution is -2.48. The van der Waals surface area contributed by atoms with Gasteiger partial charge in [0, 0.05) is 63.6 Å². The van der Waals surface area contributed by atoms with Crippen molar-refractivity contribution in [2.45, 2.75) is 37.7 Å². The van der Waals surface area contributed by atoms with Crippen LogP contribution >= 0.6 is 0 Å². The zero-order valence-electron chi connectivity index (χ0n) is 21.8. The van der Waals surface area contributed by atoms with Crippen molar-refractivity contribution in [3.05, 3.63) is 59.7 Å². The summed E-state index contributed by atoms with van der Waals surface area (Å²) in [6, 6.07) is 8.65. The summed E-state index contributed by atoms with van der Waals surface area (Å²) >= 11 is 0. The van der Waals surface area contributed by atoms with E-state index in [2.05, 4.69) is 34.1 Å². The van der Waals surface area contributed by atoms with Crippen LogP contribution < -0.4 is 0 Å². The minimum atomic E-state index is -1.26. The zero-order chi connectivity index (χ0) is 29.2. The van der Waals surface area contributed by atoms with Crippen LogP contribution in [-0.4, -0.2) is 110 Å². The highest BCUT2D eigenvalue weighted by molar-refractivity contribution is 5.90. The summed E-state index contributed by atoms with van der Waals surface area (Å²) in [7, 11) is 0.